The largest absolute Gasteiger partial charge is 0.415 e. The van der Waals surface area contributed by atoms with E-state index in [4.69, 9.17) is 15.7 Å². The molecule has 2 aliphatic heterocycles. The van der Waals surface area contributed by atoms with Gasteiger partial charge in [0.05, 0.1) is 11.4 Å². The summed E-state index contributed by atoms with van der Waals surface area (Å²) in [4.78, 5) is 27.9. The first-order valence-electron chi connectivity index (χ1n) is 11.7. The summed E-state index contributed by atoms with van der Waals surface area (Å²) in [6.07, 6.45) is 0.339. The summed E-state index contributed by atoms with van der Waals surface area (Å²) in [6.45, 7) is 4.78. The standard InChI is InChI=1S/C25H29N7O3/c1-30-10-12-31(13-11-30)23-15-22(27-24(26)28-23)18-3-2-17-8-9-32(16-19(17)14-18)25(33)35-21-6-4-20(29-34)5-7-21/h2-7,14-15,29,34H,8-13,16H2,1H3,(H2,26,27,28). The van der Waals surface area contributed by atoms with Crippen LogP contribution in [0, 0.1) is 0 Å². The Balaban J connectivity index is 1.33. The average Bonchev–Trinajstić information content (AvgIpc) is 2.88. The fourth-order valence-corrected chi connectivity index (χ4v) is 4.43. The minimum atomic E-state index is -0.408. The molecule has 2 aliphatic rings. The summed E-state index contributed by atoms with van der Waals surface area (Å²) in [6, 6.07) is 14.7. The van der Waals surface area contributed by atoms with Crippen LogP contribution in [0.1, 0.15) is 11.1 Å². The number of rotatable bonds is 4. The van der Waals surface area contributed by atoms with Crippen molar-refractivity contribution < 1.29 is 14.7 Å². The lowest BCUT2D eigenvalue weighted by Crippen LogP contribution is -2.44. The smallest absolute Gasteiger partial charge is 0.410 e. The maximum Gasteiger partial charge on any atom is 0.415 e. The van der Waals surface area contributed by atoms with Gasteiger partial charge < -0.3 is 25.2 Å². The lowest BCUT2D eigenvalue weighted by atomic mass is 9.96. The highest BCUT2D eigenvalue weighted by Gasteiger charge is 2.23. The number of nitrogens with two attached hydrogens (primary N) is 1. The summed E-state index contributed by atoms with van der Waals surface area (Å²) in [5, 5.41) is 8.93. The Hall–Kier alpha value is -3.89. The lowest BCUT2D eigenvalue weighted by Gasteiger charge is -2.33. The third-order valence-corrected chi connectivity index (χ3v) is 6.52. The van der Waals surface area contributed by atoms with Gasteiger partial charge in [0.2, 0.25) is 5.95 Å². The van der Waals surface area contributed by atoms with E-state index in [9.17, 15) is 4.79 Å². The number of nitrogens with zero attached hydrogens (tertiary/aromatic N) is 5. The van der Waals surface area contributed by atoms with Crippen LogP contribution in [-0.2, 0) is 13.0 Å². The number of carbonyl (C=O) groups excluding carboxylic acids is 1. The number of ether oxygens (including phenoxy) is 1. The van der Waals surface area contributed by atoms with E-state index in [1.54, 1.807) is 29.2 Å². The number of carbonyl (C=O) groups is 1. The van der Waals surface area contributed by atoms with E-state index in [0.29, 0.717) is 24.5 Å². The topological polar surface area (TPSA) is 120 Å². The van der Waals surface area contributed by atoms with E-state index in [2.05, 4.69) is 50.5 Å². The molecule has 0 spiro atoms. The first-order chi connectivity index (χ1) is 17.0. The molecule has 35 heavy (non-hydrogen) atoms. The van der Waals surface area contributed by atoms with Crippen LogP contribution < -0.4 is 20.9 Å². The first-order valence-corrected chi connectivity index (χ1v) is 11.7. The molecular formula is C25H29N7O3. The van der Waals surface area contributed by atoms with E-state index in [0.717, 1.165) is 55.2 Å². The first kappa shape index (κ1) is 22.9. The minimum Gasteiger partial charge on any atom is -0.410 e. The van der Waals surface area contributed by atoms with Crippen molar-refractivity contribution in [3.05, 3.63) is 59.7 Å². The predicted molar refractivity (Wildman–Crippen MR) is 134 cm³/mol. The van der Waals surface area contributed by atoms with Crippen LogP contribution in [-0.4, -0.2) is 70.8 Å². The van der Waals surface area contributed by atoms with Gasteiger partial charge in [-0.05, 0) is 54.9 Å². The lowest BCUT2D eigenvalue weighted by molar-refractivity contribution is 0.147. The Morgan fingerprint density at radius 1 is 1.00 bits per heavy atom. The predicted octanol–water partition coefficient (Wildman–Crippen LogP) is 2.84. The van der Waals surface area contributed by atoms with Crippen molar-refractivity contribution in [3.8, 4) is 17.0 Å². The van der Waals surface area contributed by atoms with Gasteiger partial charge in [0.15, 0.2) is 0 Å². The number of hydrogen-bond acceptors (Lipinski definition) is 9. The summed E-state index contributed by atoms with van der Waals surface area (Å²) >= 11 is 0. The van der Waals surface area contributed by atoms with Gasteiger partial charge in [-0.2, -0.15) is 4.98 Å². The van der Waals surface area contributed by atoms with Gasteiger partial charge in [-0.25, -0.2) is 9.78 Å². The number of amides is 1. The Bertz CT molecular complexity index is 1210. The quantitative estimate of drug-likeness (QED) is 0.489. The number of piperazine rings is 1. The number of nitrogens with one attached hydrogen (secondary N) is 1. The number of hydrogen-bond donors (Lipinski definition) is 3. The summed E-state index contributed by atoms with van der Waals surface area (Å²) in [5.74, 6) is 1.51. The molecule has 182 valence electrons. The van der Waals surface area contributed by atoms with Crippen molar-refractivity contribution in [2.24, 2.45) is 0 Å². The molecule has 0 unspecified atom stereocenters. The summed E-state index contributed by atoms with van der Waals surface area (Å²) < 4.78 is 5.52. The van der Waals surface area contributed by atoms with Crippen LogP contribution in [0.5, 0.6) is 5.75 Å². The number of likely N-dealkylation sites (N-methyl/N-ethyl adjacent to an activating group) is 1. The van der Waals surface area contributed by atoms with E-state index in [1.807, 2.05) is 6.07 Å². The molecule has 2 aromatic carbocycles. The van der Waals surface area contributed by atoms with Crippen LogP contribution in [0.25, 0.3) is 11.3 Å². The second kappa shape index (κ2) is 9.77. The fourth-order valence-electron chi connectivity index (χ4n) is 4.43. The molecule has 0 radical (unpaired) electrons. The molecule has 5 rings (SSSR count). The Kier molecular flexibility index (Phi) is 6.39. The Morgan fingerprint density at radius 3 is 2.51 bits per heavy atom. The van der Waals surface area contributed by atoms with Crippen LogP contribution >= 0.6 is 0 Å². The van der Waals surface area contributed by atoms with Crippen molar-refractivity contribution >= 4 is 23.5 Å². The highest BCUT2D eigenvalue weighted by Crippen LogP contribution is 2.28. The SMILES string of the molecule is CN1CCN(c2cc(-c3ccc4c(c3)CN(C(=O)Oc3ccc(NO)cc3)CC4)nc(N)n2)CC1. The second-order valence-corrected chi connectivity index (χ2v) is 8.92. The molecule has 0 saturated carbocycles. The molecule has 3 aromatic rings. The van der Waals surface area contributed by atoms with Crippen LogP contribution in [0.2, 0.25) is 0 Å². The normalized spacial score (nSPS) is 16.1. The van der Waals surface area contributed by atoms with Gasteiger partial charge in [0.25, 0.3) is 0 Å². The zero-order valence-corrected chi connectivity index (χ0v) is 19.6. The monoisotopic (exact) mass is 475 g/mol. The molecule has 1 aromatic heterocycles. The van der Waals surface area contributed by atoms with Crippen LogP contribution in [0.4, 0.5) is 22.2 Å². The molecule has 1 amide bonds. The number of nitrogen functional groups attached to an aromatic ring is 1. The highest BCUT2D eigenvalue weighted by molar-refractivity contribution is 5.72. The third kappa shape index (κ3) is 5.13. The molecule has 10 nitrogen and oxygen atoms in total. The van der Waals surface area contributed by atoms with Crippen molar-refractivity contribution in [1.29, 1.82) is 0 Å². The number of benzene rings is 2. The Labute approximate surface area is 203 Å². The van der Waals surface area contributed by atoms with Crippen molar-refractivity contribution in [3.63, 3.8) is 0 Å². The second-order valence-electron chi connectivity index (χ2n) is 8.92. The molecular weight excluding hydrogens is 446 g/mol. The summed E-state index contributed by atoms with van der Waals surface area (Å²) in [5.41, 5.74) is 12.6. The fraction of sp³-hybridized carbons (Fsp3) is 0.320. The number of fused-ring (bicyclic) bond motifs is 1. The van der Waals surface area contributed by atoms with Crippen LogP contribution in [0.15, 0.2) is 48.5 Å². The third-order valence-electron chi connectivity index (χ3n) is 6.52. The van der Waals surface area contributed by atoms with Gasteiger partial charge in [-0.1, -0.05) is 12.1 Å². The number of anilines is 3. The highest BCUT2D eigenvalue weighted by atomic mass is 16.6. The Morgan fingerprint density at radius 2 is 1.77 bits per heavy atom. The molecule has 4 N–H and O–H groups in total. The average molecular weight is 476 g/mol. The molecule has 0 atom stereocenters. The van der Waals surface area contributed by atoms with Gasteiger partial charge in [0, 0.05) is 50.9 Å². The van der Waals surface area contributed by atoms with E-state index >= 15 is 0 Å². The van der Waals surface area contributed by atoms with Crippen LogP contribution in [0.3, 0.4) is 0 Å². The minimum absolute atomic E-state index is 0.252. The van der Waals surface area contributed by atoms with Gasteiger partial charge in [0.1, 0.15) is 11.6 Å². The molecule has 0 bridgehead atoms. The molecule has 3 heterocycles. The van der Waals surface area contributed by atoms with Gasteiger partial charge in [-0.15, -0.1) is 0 Å². The zero-order chi connectivity index (χ0) is 24.4. The zero-order valence-electron chi connectivity index (χ0n) is 19.6. The molecule has 10 heteroatoms. The molecule has 1 saturated heterocycles. The molecule has 0 aliphatic carbocycles. The van der Waals surface area contributed by atoms with Crippen molar-refractivity contribution in [2.75, 3.05) is 55.9 Å². The van der Waals surface area contributed by atoms with E-state index < -0.39 is 6.09 Å². The summed E-state index contributed by atoms with van der Waals surface area (Å²) in [7, 11) is 2.12. The van der Waals surface area contributed by atoms with Crippen molar-refractivity contribution in [1.82, 2.24) is 19.8 Å². The van der Waals surface area contributed by atoms with Gasteiger partial charge in [-0.3, -0.25) is 10.7 Å². The maximum absolute atomic E-state index is 12.8. The van der Waals surface area contributed by atoms with E-state index in [1.165, 1.54) is 5.56 Å². The maximum atomic E-state index is 12.8. The van der Waals surface area contributed by atoms with Gasteiger partial charge >= 0.3 is 6.09 Å². The van der Waals surface area contributed by atoms with E-state index in [-0.39, 0.29) is 5.95 Å². The number of aromatic nitrogens is 2. The molecule has 1 fully saturated rings. The van der Waals surface area contributed by atoms with Crippen molar-refractivity contribution in [2.45, 2.75) is 13.0 Å².